The van der Waals surface area contributed by atoms with Crippen molar-refractivity contribution in [3.05, 3.63) is 24.2 Å². The van der Waals surface area contributed by atoms with E-state index in [1.165, 1.54) is 6.26 Å². The molecule has 1 aliphatic rings. The average molecular weight is 296 g/mol. The largest absolute Gasteiger partial charge is 0.467 e. The molecular weight excluding hydrogens is 272 g/mol. The van der Waals surface area contributed by atoms with Gasteiger partial charge in [-0.05, 0) is 46.2 Å². The third-order valence-electron chi connectivity index (χ3n) is 3.71. The SMILES string of the molecule is CC1(C)CC(NC(=O)NCC(O)c2ccco2)C(C)(C)O1. The van der Waals surface area contributed by atoms with Crippen molar-refractivity contribution >= 4 is 6.03 Å². The Morgan fingerprint density at radius 3 is 2.71 bits per heavy atom. The van der Waals surface area contributed by atoms with Crippen molar-refractivity contribution in [2.24, 2.45) is 0 Å². The lowest BCUT2D eigenvalue weighted by atomic mass is 9.95. The van der Waals surface area contributed by atoms with Crippen molar-refractivity contribution < 1.29 is 19.1 Å². The van der Waals surface area contributed by atoms with Crippen LogP contribution in [-0.4, -0.2) is 34.9 Å². The van der Waals surface area contributed by atoms with Gasteiger partial charge in [-0.2, -0.15) is 0 Å². The molecule has 1 aromatic rings. The summed E-state index contributed by atoms with van der Waals surface area (Å²) in [5.74, 6) is 0.431. The first-order valence-electron chi connectivity index (χ1n) is 7.16. The second kappa shape index (κ2) is 5.69. The summed E-state index contributed by atoms with van der Waals surface area (Å²) in [6.07, 6.45) is 1.38. The quantitative estimate of drug-likeness (QED) is 0.793. The molecule has 2 heterocycles. The van der Waals surface area contributed by atoms with Crippen LogP contribution < -0.4 is 10.6 Å². The van der Waals surface area contributed by atoms with Gasteiger partial charge in [0.2, 0.25) is 0 Å². The molecule has 6 heteroatoms. The van der Waals surface area contributed by atoms with Gasteiger partial charge in [0, 0.05) is 0 Å². The summed E-state index contributed by atoms with van der Waals surface area (Å²) in [6, 6.07) is 2.97. The summed E-state index contributed by atoms with van der Waals surface area (Å²) in [4.78, 5) is 12.0. The number of carbonyl (C=O) groups excluding carboxylic acids is 1. The zero-order chi connectivity index (χ0) is 15.7. The van der Waals surface area contributed by atoms with Gasteiger partial charge in [0.05, 0.1) is 30.1 Å². The van der Waals surface area contributed by atoms with E-state index in [2.05, 4.69) is 10.6 Å². The smallest absolute Gasteiger partial charge is 0.315 e. The van der Waals surface area contributed by atoms with Crippen LogP contribution in [0.15, 0.2) is 22.8 Å². The van der Waals surface area contributed by atoms with Crippen molar-refractivity contribution in [2.45, 2.75) is 57.5 Å². The molecule has 118 valence electrons. The van der Waals surface area contributed by atoms with Crippen molar-refractivity contribution in [1.82, 2.24) is 10.6 Å². The van der Waals surface area contributed by atoms with E-state index in [-0.39, 0.29) is 24.2 Å². The maximum atomic E-state index is 12.0. The lowest BCUT2D eigenvalue weighted by Gasteiger charge is -2.27. The fourth-order valence-corrected chi connectivity index (χ4v) is 2.77. The molecule has 21 heavy (non-hydrogen) atoms. The zero-order valence-corrected chi connectivity index (χ0v) is 13.0. The molecule has 1 aromatic heterocycles. The molecular formula is C15H24N2O4. The topological polar surface area (TPSA) is 83.7 Å². The summed E-state index contributed by atoms with van der Waals surface area (Å²) in [6.45, 7) is 8.04. The van der Waals surface area contributed by atoms with Crippen molar-refractivity contribution in [3.63, 3.8) is 0 Å². The van der Waals surface area contributed by atoms with E-state index in [1.807, 2.05) is 27.7 Å². The molecule has 1 fully saturated rings. The minimum absolute atomic E-state index is 0.0757. The van der Waals surface area contributed by atoms with Gasteiger partial charge in [-0.1, -0.05) is 0 Å². The molecule has 0 spiro atoms. The first kappa shape index (κ1) is 15.9. The molecule has 6 nitrogen and oxygen atoms in total. The fourth-order valence-electron chi connectivity index (χ4n) is 2.77. The highest BCUT2D eigenvalue weighted by atomic mass is 16.5. The van der Waals surface area contributed by atoms with Crippen LogP contribution in [0.25, 0.3) is 0 Å². The van der Waals surface area contributed by atoms with Crippen LogP contribution in [0.4, 0.5) is 4.79 Å². The van der Waals surface area contributed by atoms with Gasteiger partial charge in [-0.3, -0.25) is 0 Å². The predicted octanol–water partition coefficient (Wildman–Crippen LogP) is 1.96. The highest BCUT2D eigenvalue weighted by Gasteiger charge is 2.46. The first-order valence-corrected chi connectivity index (χ1v) is 7.16. The molecule has 2 atom stereocenters. The Hall–Kier alpha value is -1.53. The number of furan rings is 1. The summed E-state index contributed by atoms with van der Waals surface area (Å²) in [5, 5.41) is 15.4. The van der Waals surface area contributed by atoms with E-state index < -0.39 is 11.7 Å². The number of nitrogens with one attached hydrogen (secondary N) is 2. The van der Waals surface area contributed by atoms with E-state index in [0.29, 0.717) is 5.76 Å². The Bertz CT molecular complexity index is 482. The van der Waals surface area contributed by atoms with Crippen molar-refractivity contribution in [1.29, 1.82) is 0 Å². The van der Waals surface area contributed by atoms with Gasteiger partial charge in [0.1, 0.15) is 11.9 Å². The van der Waals surface area contributed by atoms with E-state index in [9.17, 15) is 9.90 Å². The van der Waals surface area contributed by atoms with Crippen LogP contribution in [0, 0.1) is 0 Å². The number of hydrogen-bond donors (Lipinski definition) is 3. The summed E-state index contributed by atoms with van der Waals surface area (Å²) >= 11 is 0. The van der Waals surface area contributed by atoms with Gasteiger partial charge in [-0.15, -0.1) is 0 Å². The van der Waals surface area contributed by atoms with E-state index in [4.69, 9.17) is 9.15 Å². The average Bonchev–Trinajstić information content (AvgIpc) is 2.93. The van der Waals surface area contributed by atoms with Gasteiger partial charge >= 0.3 is 6.03 Å². The number of rotatable bonds is 4. The number of urea groups is 1. The Morgan fingerprint density at radius 1 is 1.48 bits per heavy atom. The molecule has 3 N–H and O–H groups in total. The van der Waals surface area contributed by atoms with Crippen LogP contribution in [0.3, 0.4) is 0 Å². The van der Waals surface area contributed by atoms with Gasteiger partial charge < -0.3 is 24.9 Å². The van der Waals surface area contributed by atoms with E-state index >= 15 is 0 Å². The minimum atomic E-state index is -0.852. The third-order valence-corrected chi connectivity index (χ3v) is 3.71. The monoisotopic (exact) mass is 296 g/mol. The first-order chi connectivity index (χ1) is 9.70. The van der Waals surface area contributed by atoms with Crippen LogP contribution in [0.5, 0.6) is 0 Å². The highest BCUT2D eigenvalue weighted by molar-refractivity contribution is 5.74. The molecule has 2 unspecified atom stereocenters. The molecule has 0 aromatic carbocycles. The molecule has 0 radical (unpaired) electrons. The second-order valence-electron chi connectivity index (χ2n) is 6.61. The molecule has 2 rings (SSSR count). The standard InChI is InChI=1S/C15H24N2O4/c1-14(2)8-12(15(3,4)21-14)17-13(19)16-9-10(18)11-6-5-7-20-11/h5-7,10,12,18H,8-9H2,1-4H3,(H2,16,17,19). The number of aliphatic hydroxyl groups is 1. The Labute approximate surface area is 124 Å². The predicted molar refractivity (Wildman–Crippen MR) is 77.9 cm³/mol. The summed E-state index contributed by atoms with van der Waals surface area (Å²) in [5.41, 5.74) is -0.671. The molecule has 0 saturated carbocycles. The van der Waals surface area contributed by atoms with Crippen molar-refractivity contribution in [2.75, 3.05) is 6.54 Å². The molecule has 0 aliphatic carbocycles. The van der Waals surface area contributed by atoms with Crippen molar-refractivity contribution in [3.8, 4) is 0 Å². The van der Waals surface area contributed by atoms with Crippen LogP contribution in [0.2, 0.25) is 0 Å². The van der Waals surface area contributed by atoms with E-state index in [0.717, 1.165) is 6.42 Å². The molecule has 0 bridgehead atoms. The number of carbonyl (C=O) groups is 1. The summed E-state index contributed by atoms with van der Waals surface area (Å²) in [7, 11) is 0. The number of aliphatic hydroxyl groups excluding tert-OH is 1. The highest BCUT2D eigenvalue weighted by Crippen LogP contribution is 2.37. The fraction of sp³-hybridized carbons (Fsp3) is 0.667. The minimum Gasteiger partial charge on any atom is -0.467 e. The Balaban J connectivity index is 1.82. The van der Waals surface area contributed by atoms with Crippen LogP contribution in [0.1, 0.15) is 46.0 Å². The van der Waals surface area contributed by atoms with Crippen LogP contribution in [-0.2, 0) is 4.74 Å². The van der Waals surface area contributed by atoms with Gasteiger partial charge in [0.15, 0.2) is 0 Å². The van der Waals surface area contributed by atoms with E-state index in [1.54, 1.807) is 12.1 Å². The maximum absolute atomic E-state index is 12.0. The normalized spacial score (nSPS) is 24.5. The molecule has 2 amide bonds. The lowest BCUT2D eigenvalue weighted by molar-refractivity contribution is -0.0690. The van der Waals surface area contributed by atoms with Gasteiger partial charge in [0.25, 0.3) is 0 Å². The number of hydrogen-bond acceptors (Lipinski definition) is 4. The maximum Gasteiger partial charge on any atom is 0.315 e. The summed E-state index contributed by atoms with van der Waals surface area (Å²) < 4.78 is 11.0. The zero-order valence-electron chi connectivity index (χ0n) is 13.0. The number of amides is 2. The second-order valence-corrected chi connectivity index (χ2v) is 6.61. The lowest BCUT2D eigenvalue weighted by Crippen LogP contribution is -2.50. The van der Waals surface area contributed by atoms with Crippen LogP contribution >= 0.6 is 0 Å². The van der Waals surface area contributed by atoms with Gasteiger partial charge in [-0.25, -0.2) is 4.79 Å². The third kappa shape index (κ3) is 3.98. The molecule has 1 saturated heterocycles. The Morgan fingerprint density at radius 2 is 2.19 bits per heavy atom. The Kier molecular flexibility index (Phi) is 4.30. The number of ether oxygens (including phenoxy) is 1. The molecule has 1 aliphatic heterocycles.